The van der Waals surface area contributed by atoms with E-state index in [4.69, 9.17) is 23.2 Å². The van der Waals surface area contributed by atoms with E-state index in [0.717, 1.165) is 10.4 Å². The van der Waals surface area contributed by atoms with E-state index in [0.29, 0.717) is 15.7 Å². The highest BCUT2D eigenvalue weighted by atomic mass is 35.5. The van der Waals surface area contributed by atoms with E-state index in [9.17, 15) is 4.79 Å². The lowest BCUT2D eigenvalue weighted by atomic mass is 10.0. The minimum absolute atomic E-state index is 0.0452. The molecule has 6 heteroatoms. The first-order chi connectivity index (χ1) is 12.5. The van der Waals surface area contributed by atoms with Gasteiger partial charge in [0.25, 0.3) is 0 Å². The minimum Gasteiger partial charge on any atom is -0.324 e. The number of benzene rings is 2. The standard InChI is InChI=1S/C20H18Cl2N2OS/c1-13-7-9-14(10-8-13)20(17-6-3-11-26-17)23-12-18(25)24-16-5-2-4-15(21)19(16)22/h2-11,20,23H,12H2,1H3,(H,24,25)/t20-/m0/s1. The summed E-state index contributed by atoms with van der Waals surface area (Å²) >= 11 is 13.8. The van der Waals surface area contributed by atoms with Gasteiger partial charge in [-0.05, 0) is 36.1 Å². The Morgan fingerprint density at radius 3 is 2.54 bits per heavy atom. The maximum absolute atomic E-state index is 12.4. The molecule has 2 aromatic carbocycles. The third-order valence-corrected chi connectivity index (χ3v) is 5.69. The molecule has 1 atom stereocenters. The number of hydrogen-bond donors (Lipinski definition) is 2. The molecule has 0 saturated heterocycles. The van der Waals surface area contributed by atoms with Gasteiger partial charge in [-0.15, -0.1) is 11.3 Å². The molecule has 0 spiro atoms. The van der Waals surface area contributed by atoms with Gasteiger partial charge in [-0.25, -0.2) is 0 Å². The van der Waals surface area contributed by atoms with Crippen molar-refractivity contribution >= 4 is 46.1 Å². The van der Waals surface area contributed by atoms with Gasteiger partial charge in [-0.1, -0.05) is 65.2 Å². The van der Waals surface area contributed by atoms with Crippen LogP contribution in [0.3, 0.4) is 0 Å². The zero-order chi connectivity index (χ0) is 18.5. The Bertz CT molecular complexity index is 879. The van der Waals surface area contributed by atoms with Crippen LogP contribution in [0.25, 0.3) is 0 Å². The highest BCUT2D eigenvalue weighted by Crippen LogP contribution is 2.30. The number of rotatable bonds is 6. The van der Waals surface area contributed by atoms with Crippen LogP contribution in [0.1, 0.15) is 22.0 Å². The van der Waals surface area contributed by atoms with E-state index in [1.807, 2.05) is 11.4 Å². The Morgan fingerprint density at radius 2 is 1.85 bits per heavy atom. The summed E-state index contributed by atoms with van der Waals surface area (Å²) in [6, 6.07) is 17.5. The van der Waals surface area contributed by atoms with Gasteiger partial charge in [0.2, 0.25) is 5.91 Å². The van der Waals surface area contributed by atoms with Crippen molar-refractivity contribution in [2.45, 2.75) is 13.0 Å². The fourth-order valence-electron chi connectivity index (χ4n) is 2.59. The van der Waals surface area contributed by atoms with E-state index >= 15 is 0 Å². The first-order valence-electron chi connectivity index (χ1n) is 8.12. The highest BCUT2D eigenvalue weighted by Gasteiger charge is 2.16. The second-order valence-corrected chi connectivity index (χ2v) is 7.65. The van der Waals surface area contributed by atoms with Crippen molar-refractivity contribution in [3.05, 3.63) is 86.0 Å². The lowest BCUT2D eigenvalue weighted by Crippen LogP contribution is -2.31. The molecule has 0 unspecified atom stereocenters. The van der Waals surface area contributed by atoms with Gasteiger partial charge in [0.15, 0.2) is 0 Å². The van der Waals surface area contributed by atoms with Crippen molar-refractivity contribution in [3.63, 3.8) is 0 Å². The SMILES string of the molecule is Cc1ccc([C@H](NCC(=O)Nc2cccc(Cl)c2Cl)c2cccs2)cc1. The summed E-state index contributed by atoms with van der Waals surface area (Å²) in [5.41, 5.74) is 2.83. The van der Waals surface area contributed by atoms with Crippen LogP contribution in [-0.2, 0) is 4.79 Å². The fourth-order valence-corrected chi connectivity index (χ4v) is 3.76. The van der Waals surface area contributed by atoms with Crippen LogP contribution in [0, 0.1) is 6.92 Å². The van der Waals surface area contributed by atoms with Crippen molar-refractivity contribution in [3.8, 4) is 0 Å². The number of carbonyl (C=O) groups is 1. The fraction of sp³-hybridized carbons (Fsp3) is 0.150. The van der Waals surface area contributed by atoms with Crippen molar-refractivity contribution < 1.29 is 4.79 Å². The summed E-state index contributed by atoms with van der Waals surface area (Å²) < 4.78 is 0. The van der Waals surface area contributed by atoms with Crippen LogP contribution < -0.4 is 10.6 Å². The molecule has 3 nitrogen and oxygen atoms in total. The van der Waals surface area contributed by atoms with Gasteiger partial charge in [0, 0.05) is 4.88 Å². The Morgan fingerprint density at radius 1 is 1.08 bits per heavy atom. The third kappa shape index (κ3) is 4.65. The molecule has 1 aromatic heterocycles. The smallest absolute Gasteiger partial charge is 0.238 e. The monoisotopic (exact) mass is 404 g/mol. The number of nitrogens with one attached hydrogen (secondary N) is 2. The first-order valence-corrected chi connectivity index (χ1v) is 9.75. The topological polar surface area (TPSA) is 41.1 Å². The van der Waals surface area contributed by atoms with Gasteiger partial charge < -0.3 is 5.32 Å². The first kappa shape index (κ1) is 18.9. The van der Waals surface area contributed by atoms with Gasteiger partial charge in [0.1, 0.15) is 0 Å². The average molecular weight is 405 g/mol. The van der Waals surface area contributed by atoms with Crippen molar-refractivity contribution in [1.29, 1.82) is 0 Å². The summed E-state index contributed by atoms with van der Waals surface area (Å²) in [5, 5.41) is 8.92. The van der Waals surface area contributed by atoms with Gasteiger partial charge in [0.05, 0.1) is 28.3 Å². The number of thiophene rings is 1. The number of aryl methyl sites for hydroxylation is 1. The van der Waals surface area contributed by atoms with E-state index in [1.54, 1.807) is 29.5 Å². The summed E-state index contributed by atoms with van der Waals surface area (Å²) in [5.74, 6) is -0.178. The summed E-state index contributed by atoms with van der Waals surface area (Å²) in [6.45, 7) is 2.21. The molecule has 0 aliphatic carbocycles. The van der Waals surface area contributed by atoms with Gasteiger partial charge >= 0.3 is 0 Å². The van der Waals surface area contributed by atoms with Gasteiger partial charge in [-0.3, -0.25) is 10.1 Å². The second-order valence-electron chi connectivity index (χ2n) is 5.89. The van der Waals surface area contributed by atoms with Crippen LogP contribution in [-0.4, -0.2) is 12.5 Å². The largest absolute Gasteiger partial charge is 0.324 e. The molecule has 0 fully saturated rings. The molecule has 3 rings (SSSR count). The molecule has 1 amide bonds. The maximum atomic E-state index is 12.4. The Labute approximate surface area is 167 Å². The van der Waals surface area contributed by atoms with E-state index < -0.39 is 0 Å². The summed E-state index contributed by atoms with van der Waals surface area (Å²) in [4.78, 5) is 13.5. The molecular formula is C20H18Cl2N2OS. The van der Waals surface area contributed by atoms with E-state index in [-0.39, 0.29) is 18.5 Å². The van der Waals surface area contributed by atoms with Crippen LogP contribution >= 0.6 is 34.5 Å². The lowest BCUT2D eigenvalue weighted by Gasteiger charge is -2.18. The van der Waals surface area contributed by atoms with Crippen molar-refractivity contribution in [2.75, 3.05) is 11.9 Å². The molecule has 0 aliphatic heterocycles. The zero-order valence-corrected chi connectivity index (χ0v) is 16.5. The summed E-state index contributed by atoms with van der Waals surface area (Å²) in [6.07, 6.45) is 0. The van der Waals surface area contributed by atoms with Crippen LogP contribution in [0.4, 0.5) is 5.69 Å². The van der Waals surface area contributed by atoms with Crippen LogP contribution in [0.2, 0.25) is 10.0 Å². The maximum Gasteiger partial charge on any atom is 0.238 e. The van der Waals surface area contributed by atoms with E-state index in [2.05, 4.69) is 47.9 Å². The van der Waals surface area contributed by atoms with Crippen LogP contribution in [0.5, 0.6) is 0 Å². The molecule has 0 radical (unpaired) electrons. The zero-order valence-electron chi connectivity index (χ0n) is 14.1. The molecular weight excluding hydrogens is 387 g/mol. The highest BCUT2D eigenvalue weighted by molar-refractivity contribution is 7.10. The molecule has 26 heavy (non-hydrogen) atoms. The molecule has 134 valence electrons. The number of carbonyl (C=O) groups excluding carboxylic acids is 1. The number of hydrogen-bond acceptors (Lipinski definition) is 3. The summed E-state index contributed by atoms with van der Waals surface area (Å²) in [7, 11) is 0. The lowest BCUT2D eigenvalue weighted by molar-refractivity contribution is -0.115. The van der Waals surface area contributed by atoms with E-state index in [1.165, 1.54) is 5.56 Å². The molecule has 0 bridgehead atoms. The Kier molecular flexibility index (Phi) is 6.33. The third-order valence-electron chi connectivity index (χ3n) is 3.93. The number of halogens is 2. The molecule has 3 aromatic rings. The molecule has 0 aliphatic rings. The van der Waals surface area contributed by atoms with Gasteiger partial charge in [-0.2, -0.15) is 0 Å². The van der Waals surface area contributed by atoms with Crippen LogP contribution in [0.15, 0.2) is 60.0 Å². The Balaban J connectivity index is 1.70. The predicted molar refractivity (Wildman–Crippen MR) is 110 cm³/mol. The molecule has 1 heterocycles. The quantitative estimate of drug-likeness (QED) is 0.554. The van der Waals surface area contributed by atoms with Crippen molar-refractivity contribution in [1.82, 2.24) is 5.32 Å². The number of anilines is 1. The second kappa shape index (κ2) is 8.69. The normalized spacial score (nSPS) is 12.0. The predicted octanol–water partition coefficient (Wildman–Crippen LogP) is 5.68. The number of amides is 1. The molecule has 0 saturated carbocycles. The average Bonchev–Trinajstić information content (AvgIpc) is 3.15. The van der Waals surface area contributed by atoms with Crippen molar-refractivity contribution in [2.24, 2.45) is 0 Å². The minimum atomic E-state index is -0.178. The molecule has 2 N–H and O–H groups in total. The Hall–Kier alpha value is -1.85.